The first-order valence-corrected chi connectivity index (χ1v) is 7.22. The van der Waals surface area contributed by atoms with Gasteiger partial charge in [0.15, 0.2) is 0 Å². The molecule has 0 radical (unpaired) electrons. The van der Waals surface area contributed by atoms with Crippen molar-refractivity contribution in [3.8, 4) is 11.1 Å². The molecule has 0 unspecified atom stereocenters. The molecule has 2 nitrogen and oxygen atoms in total. The Bertz CT molecular complexity index is 783. The Labute approximate surface area is 118 Å². The van der Waals surface area contributed by atoms with Gasteiger partial charge >= 0.3 is 0 Å². The molecule has 0 fully saturated rings. The van der Waals surface area contributed by atoms with Crippen molar-refractivity contribution in [3.05, 3.63) is 59.3 Å². The van der Waals surface area contributed by atoms with Crippen LogP contribution >= 0.6 is 0 Å². The standard InChI is InChI=1S/C18H18N2/c1-12-3-2-4-13(9-12)14-5-6-17-16(10-14)15-7-8-19-11-18(15)20-17/h2-6,9-10,19-20H,7-8,11H2,1H3. The van der Waals surface area contributed by atoms with Crippen LogP contribution in [0.15, 0.2) is 42.5 Å². The highest BCUT2D eigenvalue weighted by Gasteiger charge is 2.15. The van der Waals surface area contributed by atoms with Crippen molar-refractivity contribution in [2.75, 3.05) is 6.54 Å². The number of hydrogen-bond donors (Lipinski definition) is 2. The number of aromatic amines is 1. The van der Waals surface area contributed by atoms with Gasteiger partial charge in [0.2, 0.25) is 0 Å². The smallest absolute Gasteiger partial charge is 0.0459 e. The summed E-state index contributed by atoms with van der Waals surface area (Å²) < 4.78 is 0. The zero-order valence-electron chi connectivity index (χ0n) is 11.7. The number of benzene rings is 2. The Balaban J connectivity index is 1.90. The molecule has 0 aliphatic carbocycles. The maximum absolute atomic E-state index is 3.54. The summed E-state index contributed by atoms with van der Waals surface area (Å²) in [4.78, 5) is 3.54. The van der Waals surface area contributed by atoms with Gasteiger partial charge in [0.05, 0.1) is 0 Å². The van der Waals surface area contributed by atoms with Crippen molar-refractivity contribution in [2.45, 2.75) is 19.9 Å². The Kier molecular flexibility index (Phi) is 2.64. The zero-order valence-corrected chi connectivity index (χ0v) is 11.7. The predicted octanol–water partition coefficient (Wildman–Crippen LogP) is 3.79. The summed E-state index contributed by atoms with van der Waals surface area (Å²) in [5, 5.41) is 4.81. The van der Waals surface area contributed by atoms with E-state index in [2.05, 4.69) is 59.7 Å². The van der Waals surface area contributed by atoms with Crippen LogP contribution in [-0.4, -0.2) is 11.5 Å². The lowest BCUT2D eigenvalue weighted by molar-refractivity contribution is 0.637. The van der Waals surface area contributed by atoms with Crippen LogP contribution < -0.4 is 5.32 Å². The van der Waals surface area contributed by atoms with Gasteiger partial charge in [0, 0.05) is 23.1 Å². The molecule has 0 spiro atoms. The molecular formula is C18H18N2. The second-order valence-electron chi connectivity index (χ2n) is 5.64. The molecule has 0 bridgehead atoms. The molecule has 1 aromatic heterocycles. The minimum atomic E-state index is 0.962. The summed E-state index contributed by atoms with van der Waals surface area (Å²) >= 11 is 0. The molecule has 0 atom stereocenters. The van der Waals surface area contributed by atoms with Crippen molar-refractivity contribution in [1.82, 2.24) is 10.3 Å². The molecule has 4 rings (SSSR count). The van der Waals surface area contributed by atoms with Crippen LogP contribution in [0.5, 0.6) is 0 Å². The summed E-state index contributed by atoms with van der Waals surface area (Å²) in [5.41, 5.74) is 8.02. The Hall–Kier alpha value is -2.06. The third kappa shape index (κ3) is 1.84. The van der Waals surface area contributed by atoms with Crippen molar-refractivity contribution in [2.24, 2.45) is 0 Å². The minimum absolute atomic E-state index is 0.962. The molecular weight excluding hydrogens is 244 g/mol. The third-order valence-electron chi connectivity index (χ3n) is 4.20. The number of hydrogen-bond acceptors (Lipinski definition) is 1. The molecule has 1 aliphatic heterocycles. The van der Waals surface area contributed by atoms with E-state index in [1.54, 1.807) is 0 Å². The molecule has 2 heterocycles. The van der Waals surface area contributed by atoms with Crippen molar-refractivity contribution in [3.63, 3.8) is 0 Å². The highest BCUT2D eigenvalue weighted by Crippen LogP contribution is 2.30. The van der Waals surface area contributed by atoms with E-state index in [0.717, 1.165) is 19.5 Å². The van der Waals surface area contributed by atoms with Crippen molar-refractivity contribution < 1.29 is 0 Å². The molecule has 0 saturated carbocycles. The lowest BCUT2D eigenvalue weighted by Gasteiger charge is -2.12. The van der Waals surface area contributed by atoms with E-state index < -0.39 is 0 Å². The quantitative estimate of drug-likeness (QED) is 0.686. The van der Waals surface area contributed by atoms with Gasteiger partial charge in [-0.15, -0.1) is 0 Å². The summed E-state index contributed by atoms with van der Waals surface area (Å²) in [6, 6.07) is 15.5. The van der Waals surface area contributed by atoms with Crippen LogP contribution in [0.25, 0.3) is 22.0 Å². The average Bonchev–Trinajstić information content (AvgIpc) is 2.85. The minimum Gasteiger partial charge on any atom is -0.357 e. The van der Waals surface area contributed by atoms with Crippen LogP contribution in [0.3, 0.4) is 0 Å². The van der Waals surface area contributed by atoms with Gasteiger partial charge in [-0.2, -0.15) is 0 Å². The number of nitrogens with one attached hydrogen (secondary N) is 2. The van der Waals surface area contributed by atoms with E-state index in [4.69, 9.17) is 0 Å². The van der Waals surface area contributed by atoms with E-state index in [1.807, 2.05) is 0 Å². The van der Waals surface area contributed by atoms with Gasteiger partial charge in [-0.3, -0.25) is 0 Å². The fraction of sp³-hybridized carbons (Fsp3) is 0.222. The molecule has 100 valence electrons. The third-order valence-corrected chi connectivity index (χ3v) is 4.20. The van der Waals surface area contributed by atoms with E-state index in [9.17, 15) is 0 Å². The molecule has 1 aliphatic rings. The van der Waals surface area contributed by atoms with Gasteiger partial charge in [-0.05, 0) is 48.7 Å². The molecule has 2 N–H and O–H groups in total. The van der Waals surface area contributed by atoms with Crippen LogP contribution in [0.1, 0.15) is 16.8 Å². The Morgan fingerprint density at radius 1 is 1.00 bits per heavy atom. The second-order valence-corrected chi connectivity index (χ2v) is 5.64. The predicted molar refractivity (Wildman–Crippen MR) is 83.9 cm³/mol. The summed E-state index contributed by atoms with van der Waals surface area (Å²) in [5.74, 6) is 0. The Morgan fingerprint density at radius 3 is 2.80 bits per heavy atom. The second kappa shape index (κ2) is 4.50. The first-order valence-electron chi connectivity index (χ1n) is 7.22. The SMILES string of the molecule is Cc1cccc(-c2ccc3[nH]c4c(c3c2)CCNC4)c1. The number of fused-ring (bicyclic) bond motifs is 3. The van der Waals surface area contributed by atoms with Gasteiger partial charge < -0.3 is 10.3 Å². The first kappa shape index (κ1) is 11.7. The van der Waals surface area contributed by atoms with Gasteiger partial charge in [-0.25, -0.2) is 0 Å². The van der Waals surface area contributed by atoms with Crippen LogP contribution in [0.4, 0.5) is 0 Å². The topological polar surface area (TPSA) is 27.8 Å². The highest BCUT2D eigenvalue weighted by atomic mass is 14.9. The summed E-state index contributed by atoms with van der Waals surface area (Å²) in [6.07, 6.45) is 1.12. The maximum atomic E-state index is 3.54. The van der Waals surface area contributed by atoms with Crippen LogP contribution in [-0.2, 0) is 13.0 Å². The maximum Gasteiger partial charge on any atom is 0.0459 e. The van der Waals surface area contributed by atoms with Crippen LogP contribution in [0, 0.1) is 6.92 Å². The van der Waals surface area contributed by atoms with E-state index >= 15 is 0 Å². The van der Waals surface area contributed by atoms with Crippen LogP contribution in [0.2, 0.25) is 0 Å². The fourth-order valence-corrected chi connectivity index (χ4v) is 3.17. The lowest BCUT2D eigenvalue weighted by atomic mass is 9.99. The monoisotopic (exact) mass is 262 g/mol. The molecule has 0 saturated heterocycles. The van der Waals surface area contributed by atoms with E-state index in [0.29, 0.717) is 0 Å². The van der Waals surface area contributed by atoms with E-state index in [1.165, 1.54) is 38.9 Å². The van der Waals surface area contributed by atoms with Crippen molar-refractivity contribution >= 4 is 10.9 Å². The molecule has 2 heteroatoms. The van der Waals surface area contributed by atoms with Gasteiger partial charge in [-0.1, -0.05) is 35.9 Å². The largest absolute Gasteiger partial charge is 0.357 e. The van der Waals surface area contributed by atoms with Gasteiger partial charge in [0.25, 0.3) is 0 Å². The zero-order chi connectivity index (χ0) is 13.5. The molecule has 20 heavy (non-hydrogen) atoms. The molecule has 3 aromatic rings. The van der Waals surface area contributed by atoms with Gasteiger partial charge in [0.1, 0.15) is 0 Å². The molecule has 2 aromatic carbocycles. The number of aromatic nitrogens is 1. The van der Waals surface area contributed by atoms with Crippen molar-refractivity contribution in [1.29, 1.82) is 0 Å². The fourth-order valence-electron chi connectivity index (χ4n) is 3.17. The highest BCUT2D eigenvalue weighted by molar-refractivity contribution is 5.89. The Morgan fingerprint density at radius 2 is 1.90 bits per heavy atom. The molecule has 0 amide bonds. The number of aryl methyl sites for hydroxylation is 1. The average molecular weight is 262 g/mol. The number of rotatable bonds is 1. The van der Waals surface area contributed by atoms with E-state index in [-0.39, 0.29) is 0 Å². The number of H-pyrrole nitrogens is 1. The summed E-state index contributed by atoms with van der Waals surface area (Å²) in [6.45, 7) is 4.18. The normalized spacial score (nSPS) is 14.4. The lowest BCUT2D eigenvalue weighted by Crippen LogP contribution is -2.22. The summed E-state index contributed by atoms with van der Waals surface area (Å²) in [7, 11) is 0. The first-order chi connectivity index (χ1) is 9.81.